The van der Waals surface area contributed by atoms with Gasteiger partial charge in [0, 0.05) is 45.7 Å². The number of benzene rings is 1. The number of rotatable bonds is 10. The summed E-state index contributed by atoms with van der Waals surface area (Å²) in [6, 6.07) is 6.54. The number of carbonyl (C=O) groups excluding carboxylic acids is 3. The van der Waals surface area contributed by atoms with Gasteiger partial charge in [0.05, 0.1) is 0 Å². The number of piperazine rings is 1. The Kier molecular flexibility index (Phi) is 11.0. The van der Waals surface area contributed by atoms with Crippen LogP contribution in [0, 0.1) is 5.92 Å². The average molecular weight is 521 g/mol. The third-order valence-electron chi connectivity index (χ3n) is 6.05. The summed E-state index contributed by atoms with van der Waals surface area (Å²) in [5.74, 6) is 0.273. The fourth-order valence-corrected chi connectivity index (χ4v) is 3.88. The molecule has 0 spiro atoms. The summed E-state index contributed by atoms with van der Waals surface area (Å²) in [7, 11) is 0. The highest BCUT2D eigenvalue weighted by molar-refractivity contribution is 5.89. The van der Waals surface area contributed by atoms with E-state index in [1.54, 1.807) is 36.1 Å². The highest BCUT2D eigenvalue weighted by Gasteiger charge is 2.36. The number of phenolic OH excluding ortho intramolecular Hbond substituents is 1. The van der Waals surface area contributed by atoms with Crippen molar-refractivity contribution in [3.63, 3.8) is 0 Å². The Labute approximate surface area is 220 Å². The van der Waals surface area contributed by atoms with Crippen LogP contribution in [0.25, 0.3) is 0 Å². The number of phenols is 1. The minimum Gasteiger partial charge on any atom is -0.508 e. The van der Waals surface area contributed by atoms with E-state index in [1.807, 2.05) is 20.8 Å². The molecule has 1 saturated heterocycles. The van der Waals surface area contributed by atoms with E-state index in [4.69, 9.17) is 9.47 Å². The predicted octanol–water partition coefficient (Wildman–Crippen LogP) is 3.13. The molecule has 0 aliphatic carbocycles. The molecule has 1 atom stereocenters. The summed E-state index contributed by atoms with van der Waals surface area (Å²) >= 11 is 0. The predicted molar refractivity (Wildman–Crippen MR) is 141 cm³/mol. The van der Waals surface area contributed by atoms with Gasteiger partial charge in [0.25, 0.3) is 0 Å². The highest BCUT2D eigenvalue weighted by atomic mass is 16.6. The normalized spacial score (nSPS) is 16.1. The van der Waals surface area contributed by atoms with Gasteiger partial charge in [0.15, 0.2) is 0 Å². The lowest BCUT2D eigenvalue weighted by molar-refractivity contribution is -0.126. The van der Waals surface area contributed by atoms with Crippen molar-refractivity contribution in [1.29, 1.82) is 0 Å². The molecule has 1 unspecified atom stereocenters. The maximum atomic E-state index is 13.1. The third-order valence-corrected chi connectivity index (χ3v) is 6.05. The fourth-order valence-electron chi connectivity index (χ4n) is 3.88. The first-order chi connectivity index (χ1) is 17.3. The smallest absolute Gasteiger partial charge is 0.410 e. The molecule has 1 fully saturated rings. The Bertz CT molecular complexity index is 891. The Morgan fingerprint density at radius 1 is 1.03 bits per heavy atom. The van der Waals surface area contributed by atoms with Crippen LogP contribution in [-0.4, -0.2) is 90.0 Å². The number of hydrogen-bond acceptors (Lipinski definition) is 7. The zero-order valence-corrected chi connectivity index (χ0v) is 23.1. The zero-order valence-electron chi connectivity index (χ0n) is 23.1. The Morgan fingerprint density at radius 2 is 1.65 bits per heavy atom. The maximum absolute atomic E-state index is 13.1. The van der Waals surface area contributed by atoms with Gasteiger partial charge in [0.2, 0.25) is 5.91 Å². The third kappa shape index (κ3) is 10.9. The van der Waals surface area contributed by atoms with E-state index in [9.17, 15) is 19.5 Å². The number of carbonyl (C=O) groups is 3. The molecule has 1 aliphatic rings. The number of aromatic hydroxyl groups is 1. The Balaban J connectivity index is 1.86. The first kappa shape index (κ1) is 30.2. The van der Waals surface area contributed by atoms with Gasteiger partial charge in [-0.25, -0.2) is 9.59 Å². The molecular weight excluding hydrogens is 476 g/mol. The van der Waals surface area contributed by atoms with Gasteiger partial charge in [-0.3, -0.25) is 9.69 Å². The van der Waals surface area contributed by atoms with Crippen molar-refractivity contribution in [2.24, 2.45) is 5.92 Å². The van der Waals surface area contributed by atoms with Gasteiger partial charge in [-0.15, -0.1) is 0 Å². The standard InChI is InChI=1S/C27H44N4O6/c1-20(2)11-12-28-23(33)27(6,19-21-7-9-22(32)10-8-21)29-24(34)36-18-17-30-13-15-31(16-14-30)25(35)37-26(3,4)5/h7-10,20,32H,11-19H2,1-6H3,(H,28,33)(H,29,34). The van der Waals surface area contributed by atoms with Crippen molar-refractivity contribution in [3.8, 4) is 5.75 Å². The monoisotopic (exact) mass is 520 g/mol. The van der Waals surface area contributed by atoms with Crippen molar-refractivity contribution in [2.45, 2.75) is 65.5 Å². The zero-order chi connectivity index (χ0) is 27.6. The summed E-state index contributed by atoms with van der Waals surface area (Å²) in [4.78, 5) is 41.7. The van der Waals surface area contributed by atoms with Crippen molar-refractivity contribution in [1.82, 2.24) is 20.4 Å². The van der Waals surface area contributed by atoms with Gasteiger partial charge in [-0.1, -0.05) is 26.0 Å². The molecular formula is C27H44N4O6. The van der Waals surface area contributed by atoms with E-state index in [-0.39, 0.29) is 30.8 Å². The number of alkyl carbamates (subject to hydrolysis) is 1. The lowest BCUT2D eigenvalue weighted by Crippen LogP contribution is -2.58. The molecule has 37 heavy (non-hydrogen) atoms. The molecule has 0 aromatic heterocycles. The van der Waals surface area contributed by atoms with E-state index < -0.39 is 17.2 Å². The molecule has 0 bridgehead atoms. The minimum atomic E-state index is -1.23. The SMILES string of the molecule is CC(C)CCNC(=O)C(C)(Cc1ccc(O)cc1)NC(=O)OCCN1CCN(C(=O)OC(C)(C)C)CC1. The van der Waals surface area contributed by atoms with Crippen molar-refractivity contribution < 1.29 is 29.0 Å². The van der Waals surface area contributed by atoms with Crippen LogP contribution in [0.4, 0.5) is 9.59 Å². The molecule has 1 aliphatic heterocycles. The number of hydrogen-bond donors (Lipinski definition) is 3. The van der Waals surface area contributed by atoms with Crippen LogP contribution in [-0.2, 0) is 20.7 Å². The topological polar surface area (TPSA) is 120 Å². The molecule has 0 saturated carbocycles. The highest BCUT2D eigenvalue weighted by Crippen LogP contribution is 2.18. The van der Waals surface area contributed by atoms with Gasteiger partial charge in [0.1, 0.15) is 23.5 Å². The van der Waals surface area contributed by atoms with Crippen LogP contribution in [0.15, 0.2) is 24.3 Å². The lowest BCUT2D eigenvalue weighted by Gasteiger charge is -2.35. The number of ether oxygens (including phenoxy) is 2. The summed E-state index contributed by atoms with van der Waals surface area (Å²) in [5, 5.41) is 15.2. The Morgan fingerprint density at radius 3 is 2.22 bits per heavy atom. The second-order valence-corrected chi connectivity index (χ2v) is 11.2. The number of nitrogens with zero attached hydrogens (tertiary/aromatic N) is 2. The van der Waals surface area contributed by atoms with Crippen LogP contribution >= 0.6 is 0 Å². The van der Waals surface area contributed by atoms with E-state index in [2.05, 4.69) is 29.4 Å². The van der Waals surface area contributed by atoms with Gasteiger partial charge in [-0.05, 0) is 57.7 Å². The van der Waals surface area contributed by atoms with Gasteiger partial charge < -0.3 is 30.1 Å². The maximum Gasteiger partial charge on any atom is 0.410 e. The first-order valence-electron chi connectivity index (χ1n) is 13.0. The summed E-state index contributed by atoms with van der Waals surface area (Å²) in [6.45, 7) is 14.9. The number of amides is 3. The van der Waals surface area contributed by atoms with Crippen LogP contribution in [0.3, 0.4) is 0 Å². The average Bonchev–Trinajstić information content (AvgIpc) is 2.79. The second-order valence-electron chi connectivity index (χ2n) is 11.2. The van der Waals surface area contributed by atoms with E-state index in [1.165, 1.54) is 0 Å². The molecule has 10 nitrogen and oxygen atoms in total. The quantitative estimate of drug-likeness (QED) is 0.433. The van der Waals surface area contributed by atoms with E-state index in [0.29, 0.717) is 45.2 Å². The Hall–Kier alpha value is -3.01. The van der Waals surface area contributed by atoms with E-state index >= 15 is 0 Å². The molecule has 3 amide bonds. The largest absolute Gasteiger partial charge is 0.508 e. The van der Waals surface area contributed by atoms with Gasteiger partial charge >= 0.3 is 12.2 Å². The molecule has 0 radical (unpaired) electrons. The van der Waals surface area contributed by atoms with Gasteiger partial charge in [-0.2, -0.15) is 0 Å². The van der Waals surface area contributed by atoms with Crippen LogP contribution < -0.4 is 10.6 Å². The minimum absolute atomic E-state index is 0.131. The van der Waals surface area contributed by atoms with Crippen molar-refractivity contribution in [2.75, 3.05) is 45.9 Å². The van der Waals surface area contributed by atoms with Crippen LogP contribution in [0.2, 0.25) is 0 Å². The molecule has 1 aromatic rings. The second kappa shape index (κ2) is 13.5. The van der Waals surface area contributed by atoms with Crippen LogP contribution in [0.1, 0.15) is 53.5 Å². The molecule has 10 heteroatoms. The molecule has 1 aromatic carbocycles. The summed E-state index contributed by atoms with van der Waals surface area (Å²) in [6.07, 6.45) is 0.0740. The fraction of sp³-hybridized carbons (Fsp3) is 0.667. The van der Waals surface area contributed by atoms with Crippen LogP contribution in [0.5, 0.6) is 5.75 Å². The van der Waals surface area contributed by atoms with Crippen molar-refractivity contribution >= 4 is 18.1 Å². The summed E-state index contributed by atoms with van der Waals surface area (Å²) < 4.78 is 10.8. The molecule has 1 heterocycles. The molecule has 208 valence electrons. The molecule has 3 N–H and O–H groups in total. The number of nitrogens with one attached hydrogen (secondary N) is 2. The molecule has 2 rings (SSSR count). The first-order valence-corrected chi connectivity index (χ1v) is 13.0. The summed E-state index contributed by atoms with van der Waals surface area (Å²) in [5.41, 5.74) is -0.968. The van der Waals surface area contributed by atoms with E-state index in [0.717, 1.165) is 12.0 Å². The van der Waals surface area contributed by atoms with Crippen molar-refractivity contribution in [3.05, 3.63) is 29.8 Å². The lowest BCUT2D eigenvalue weighted by atomic mass is 9.91.